The number of anilines is 1. The second kappa shape index (κ2) is 14.5. The lowest BCUT2D eigenvalue weighted by molar-refractivity contribution is -0.137. The van der Waals surface area contributed by atoms with Gasteiger partial charge in [0.1, 0.15) is 18.7 Å². The van der Waals surface area contributed by atoms with Crippen molar-refractivity contribution in [1.29, 1.82) is 0 Å². The quantitative estimate of drug-likeness (QED) is 0.216. The molecule has 1 aromatic rings. The van der Waals surface area contributed by atoms with E-state index in [-0.39, 0.29) is 25.5 Å². The maximum Gasteiger partial charge on any atom is 0.407 e. The first-order chi connectivity index (χ1) is 18.0. The molecular formula is C25H34N6O7. The zero-order valence-electron chi connectivity index (χ0n) is 21.6. The first-order valence-corrected chi connectivity index (χ1v) is 12.2. The van der Waals surface area contributed by atoms with Crippen LogP contribution in [-0.2, 0) is 35.3 Å². The average molecular weight is 531 g/mol. The molecular weight excluding hydrogens is 496 g/mol. The summed E-state index contributed by atoms with van der Waals surface area (Å²) in [6.45, 7) is 5.53. The molecule has 0 spiro atoms. The smallest absolute Gasteiger partial charge is 0.407 e. The molecule has 0 radical (unpaired) electrons. The fourth-order valence-electron chi connectivity index (χ4n) is 3.32. The van der Waals surface area contributed by atoms with E-state index < -0.39 is 47.7 Å². The van der Waals surface area contributed by atoms with Crippen LogP contribution in [0.4, 0.5) is 10.5 Å². The largest absolute Gasteiger partial charge is 0.445 e. The van der Waals surface area contributed by atoms with Crippen molar-refractivity contribution >= 4 is 41.3 Å². The second-order valence-electron chi connectivity index (χ2n) is 8.91. The van der Waals surface area contributed by atoms with Gasteiger partial charge in [-0.1, -0.05) is 26.0 Å². The highest BCUT2D eigenvalue weighted by molar-refractivity contribution is 6.13. The molecule has 1 heterocycles. The van der Waals surface area contributed by atoms with Gasteiger partial charge in [0, 0.05) is 43.9 Å². The first-order valence-electron chi connectivity index (χ1n) is 12.2. The molecule has 0 fully saturated rings. The van der Waals surface area contributed by atoms with Crippen molar-refractivity contribution < 1.29 is 33.5 Å². The van der Waals surface area contributed by atoms with Crippen LogP contribution >= 0.6 is 0 Å². The van der Waals surface area contributed by atoms with Crippen LogP contribution in [0.1, 0.15) is 32.8 Å². The fraction of sp³-hybridized carbons (Fsp3) is 0.440. The van der Waals surface area contributed by atoms with Crippen LogP contribution in [0.2, 0.25) is 0 Å². The van der Waals surface area contributed by atoms with E-state index in [9.17, 15) is 28.8 Å². The SMILES string of the molecule is CC(C)[C@H](NC(=O)CCN1C(=O)C=CC1=O)C(=O)N[C@@H](C)C(=O)Nc1ccc(COC(=O)NCCN)cc1. The molecule has 0 unspecified atom stereocenters. The summed E-state index contributed by atoms with van der Waals surface area (Å²) >= 11 is 0. The highest BCUT2D eigenvalue weighted by Crippen LogP contribution is 2.12. The number of carbonyl (C=O) groups is 6. The Morgan fingerprint density at radius 3 is 2.16 bits per heavy atom. The number of rotatable bonds is 13. The van der Waals surface area contributed by atoms with E-state index in [2.05, 4.69) is 21.3 Å². The third-order valence-corrected chi connectivity index (χ3v) is 5.49. The molecule has 0 saturated heterocycles. The van der Waals surface area contributed by atoms with E-state index in [1.807, 2.05) is 0 Å². The number of carbonyl (C=O) groups excluding carboxylic acids is 6. The maximum absolute atomic E-state index is 12.8. The highest BCUT2D eigenvalue weighted by atomic mass is 16.5. The van der Waals surface area contributed by atoms with Crippen molar-refractivity contribution in [1.82, 2.24) is 20.9 Å². The summed E-state index contributed by atoms with van der Waals surface area (Å²) in [6, 6.07) is 4.77. The average Bonchev–Trinajstić information content (AvgIpc) is 3.20. The molecule has 0 saturated carbocycles. The van der Waals surface area contributed by atoms with E-state index in [0.29, 0.717) is 24.3 Å². The van der Waals surface area contributed by atoms with Gasteiger partial charge in [-0.3, -0.25) is 28.9 Å². The van der Waals surface area contributed by atoms with Crippen molar-refractivity contribution in [3.63, 3.8) is 0 Å². The minimum atomic E-state index is -0.929. The summed E-state index contributed by atoms with van der Waals surface area (Å²) in [5, 5.41) is 10.4. The molecule has 13 heteroatoms. The molecule has 13 nitrogen and oxygen atoms in total. The summed E-state index contributed by atoms with van der Waals surface area (Å²) in [4.78, 5) is 73.4. The second-order valence-corrected chi connectivity index (χ2v) is 8.91. The molecule has 0 aliphatic carbocycles. The van der Waals surface area contributed by atoms with Crippen LogP contribution < -0.4 is 27.0 Å². The van der Waals surface area contributed by atoms with Crippen LogP contribution in [0, 0.1) is 5.92 Å². The van der Waals surface area contributed by atoms with Gasteiger partial charge in [0.05, 0.1) is 0 Å². The first kappa shape index (κ1) is 30.0. The Kier molecular flexibility index (Phi) is 11.4. The van der Waals surface area contributed by atoms with Gasteiger partial charge in [-0.25, -0.2) is 4.79 Å². The van der Waals surface area contributed by atoms with Crippen LogP contribution in [0.3, 0.4) is 0 Å². The molecule has 206 valence electrons. The molecule has 6 N–H and O–H groups in total. The monoisotopic (exact) mass is 530 g/mol. The Labute approximate surface area is 220 Å². The fourth-order valence-corrected chi connectivity index (χ4v) is 3.32. The number of nitrogens with zero attached hydrogens (tertiary/aromatic N) is 1. The number of ether oxygens (including phenoxy) is 1. The molecule has 0 bridgehead atoms. The van der Waals surface area contributed by atoms with E-state index in [1.165, 1.54) is 6.92 Å². The van der Waals surface area contributed by atoms with Gasteiger partial charge in [-0.05, 0) is 30.5 Å². The number of amides is 6. The number of alkyl carbamates (subject to hydrolysis) is 1. The summed E-state index contributed by atoms with van der Waals surface area (Å²) in [6.07, 6.45) is 1.52. The van der Waals surface area contributed by atoms with Crippen molar-refractivity contribution in [3.05, 3.63) is 42.0 Å². The van der Waals surface area contributed by atoms with Crippen molar-refractivity contribution in [2.24, 2.45) is 11.7 Å². The number of hydrogen-bond acceptors (Lipinski definition) is 8. The van der Waals surface area contributed by atoms with E-state index in [1.54, 1.807) is 38.1 Å². The molecule has 6 amide bonds. The molecule has 2 atom stereocenters. The minimum Gasteiger partial charge on any atom is -0.445 e. The van der Waals surface area contributed by atoms with Gasteiger partial charge in [-0.2, -0.15) is 0 Å². The molecule has 0 aromatic heterocycles. The summed E-state index contributed by atoms with van der Waals surface area (Å²) in [5.74, 6) is -2.81. The normalized spacial score (nSPS) is 14.2. The lowest BCUT2D eigenvalue weighted by Gasteiger charge is -2.24. The van der Waals surface area contributed by atoms with Gasteiger partial charge in [0.15, 0.2) is 0 Å². The van der Waals surface area contributed by atoms with Crippen molar-refractivity contribution in [3.8, 4) is 0 Å². The third-order valence-electron chi connectivity index (χ3n) is 5.49. The molecule has 1 aliphatic heterocycles. The Morgan fingerprint density at radius 1 is 0.947 bits per heavy atom. The van der Waals surface area contributed by atoms with Gasteiger partial charge < -0.3 is 31.7 Å². The molecule has 2 rings (SSSR count). The molecule has 1 aromatic carbocycles. The zero-order chi connectivity index (χ0) is 28.2. The Hall–Kier alpha value is -4.26. The van der Waals surface area contributed by atoms with E-state index in [0.717, 1.165) is 17.1 Å². The summed E-state index contributed by atoms with van der Waals surface area (Å²) in [7, 11) is 0. The topological polar surface area (TPSA) is 189 Å². The van der Waals surface area contributed by atoms with Gasteiger partial charge in [0.25, 0.3) is 11.8 Å². The number of benzene rings is 1. The van der Waals surface area contributed by atoms with Crippen molar-refractivity contribution in [2.75, 3.05) is 25.0 Å². The van der Waals surface area contributed by atoms with Gasteiger partial charge >= 0.3 is 6.09 Å². The lowest BCUT2D eigenvalue weighted by atomic mass is 10.0. The van der Waals surface area contributed by atoms with Crippen LogP contribution in [0.5, 0.6) is 0 Å². The third kappa shape index (κ3) is 9.32. The van der Waals surface area contributed by atoms with Gasteiger partial charge in [-0.15, -0.1) is 0 Å². The Bertz CT molecular complexity index is 1050. The van der Waals surface area contributed by atoms with Crippen LogP contribution in [0.15, 0.2) is 36.4 Å². The standard InChI is InChI=1S/C25H34N6O7/c1-15(2)22(30-19(32)10-13-31-20(33)8-9-21(31)34)24(36)28-16(3)23(35)29-18-6-4-17(5-7-18)14-38-25(37)27-12-11-26/h4-9,15-16,22H,10-14,26H2,1-3H3,(H,27,37)(H,28,36)(H,29,35)(H,30,32)/t16-,22-/m0/s1. The number of hydrogen-bond donors (Lipinski definition) is 5. The highest BCUT2D eigenvalue weighted by Gasteiger charge is 2.28. The van der Waals surface area contributed by atoms with Crippen LogP contribution in [-0.4, -0.2) is 72.2 Å². The molecule has 38 heavy (non-hydrogen) atoms. The molecule has 1 aliphatic rings. The summed E-state index contributed by atoms with van der Waals surface area (Å²) in [5.41, 5.74) is 6.49. The summed E-state index contributed by atoms with van der Waals surface area (Å²) < 4.78 is 5.05. The number of nitrogens with one attached hydrogen (secondary N) is 4. The van der Waals surface area contributed by atoms with Gasteiger partial charge in [0.2, 0.25) is 17.7 Å². The van der Waals surface area contributed by atoms with E-state index in [4.69, 9.17) is 10.5 Å². The zero-order valence-corrected chi connectivity index (χ0v) is 21.6. The lowest BCUT2D eigenvalue weighted by Crippen LogP contribution is -2.54. The Morgan fingerprint density at radius 2 is 1.58 bits per heavy atom. The predicted molar refractivity (Wildman–Crippen MR) is 137 cm³/mol. The minimum absolute atomic E-state index is 0.0426. The van der Waals surface area contributed by atoms with Crippen molar-refractivity contribution in [2.45, 2.75) is 45.9 Å². The number of imide groups is 1. The van der Waals surface area contributed by atoms with Crippen LogP contribution in [0.25, 0.3) is 0 Å². The Balaban J connectivity index is 1.83. The number of nitrogens with two attached hydrogens (primary N) is 1. The van der Waals surface area contributed by atoms with E-state index >= 15 is 0 Å². The predicted octanol–water partition coefficient (Wildman–Crippen LogP) is -0.229. The maximum atomic E-state index is 12.8.